The van der Waals surface area contributed by atoms with Crippen LogP contribution in [-0.4, -0.2) is 28.7 Å². The molecule has 2 amide bonds. The SMILES string of the molecule is C=C1C=CN(C2CCC(CO)C2)C(=O)N1. The van der Waals surface area contributed by atoms with Crippen LogP contribution in [0, 0.1) is 5.92 Å². The lowest BCUT2D eigenvalue weighted by atomic mass is 10.1. The quantitative estimate of drug-likeness (QED) is 0.716. The van der Waals surface area contributed by atoms with Gasteiger partial charge in [0.25, 0.3) is 0 Å². The fraction of sp³-hybridized carbons (Fsp3) is 0.545. The van der Waals surface area contributed by atoms with Gasteiger partial charge >= 0.3 is 6.03 Å². The highest BCUT2D eigenvalue weighted by Crippen LogP contribution is 2.30. The van der Waals surface area contributed by atoms with Gasteiger partial charge in [0, 0.05) is 24.5 Å². The molecule has 1 fully saturated rings. The molecule has 15 heavy (non-hydrogen) atoms. The molecule has 0 aromatic rings. The van der Waals surface area contributed by atoms with Crippen molar-refractivity contribution in [2.24, 2.45) is 5.92 Å². The molecule has 1 heterocycles. The van der Waals surface area contributed by atoms with Crippen LogP contribution in [0.5, 0.6) is 0 Å². The van der Waals surface area contributed by atoms with Crippen LogP contribution in [-0.2, 0) is 0 Å². The monoisotopic (exact) mass is 208 g/mol. The Bertz CT molecular complexity index is 312. The number of nitrogens with zero attached hydrogens (tertiary/aromatic N) is 1. The standard InChI is InChI=1S/C11H16N2O2/c1-8-4-5-13(11(15)12-8)10-3-2-9(6-10)7-14/h4-5,9-10,14H,1-3,6-7H2,(H,12,15). The van der Waals surface area contributed by atoms with Gasteiger partial charge < -0.3 is 10.4 Å². The summed E-state index contributed by atoms with van der Waals surface area (Å²) >= 11 is 0. The number of hydrogen-bond donors (Lipinski definition) is 2. The summed E-state index contributed by atoms with van der Waals surface area (Å²) in [6, 6.07) is 0.123. The van der Waals surface area contributed by atoms with Crippen molar-refractivity contribution in [3.05, 3.63) is 24.6 Å². The third kappa shape index (κ3) is 2.04. The second-order valence-corrected chi connectivity index (χ2v) is 4.19. The summed E-state index contributed by atoms with van der Waals surface area (Å²) in [5.41, 5.74) is 0.632. The second-order valence-electron chi connectivity index (χ2n) is 4.19. The van der Waals surface area contributed by atoms with Gasteiger partial charge in [0.05, 0.1) is 0 Å². The molecule has 1 aliphatic heterocycles. The predicted octanol–water partition coefficient (Wildman–Crippen LogP) is 1.20. The first kappa shape index (κ1) is 10.2. The van der Waals surface area contributed by atoms with Crippen LogP contribution in [0.3, 0.4) is 0 Å². The number of hydrogen-bond acceptors (Lipinski definition) is 2. The second kappa shape index (κ2) is 4.06. The summed E-state index contributed by atoms with van der Waals surface area (Å²) in [5.74, 6) is 0.348. The molecule has 0 bridgehead atoms. The molecule has 2 aliphatic rings. The number of aliphatic hydroxyl groups is 1. The average molecular weight is 208 g/mol. The molecule has 4 nitrogen and oxygen atoms in total. The van der Waals surface area contributed by atoms with E-state index in [9.17, 15) is 4.79 Å². The number of carbonyl (C=O) groups excluding carboxylic acids is 1. The molecule has 0 saturated heterocycles. The third-order valence-electron chi connectivity index (χ3n) is 3.10. The van der Waals surface area contributed by atoms with Gasteiger partial charge in [-0.3, -0.25) is 4.90 Å². The lowest BCUT2D eigenvalue weighted by Crippen LogP contribution is -2.43. The molecule has 82 valence electrons. The van der Waals surface area contributed by atoms with E-state index in [1.165, 1.54) is 0 Å². The molecule has 0 aromatic heterocycles. The topological polar surface area (TPSA) is 52.6 Å². The summed E-state index contributed by atoms with van der Waals surface area (Å²) in [6.45, 7) is 3.90. The molecular weight excluding hydrogens is 192 g/mol. The van der Waals surface area contributed by atoms with Crippen LogP contribution in [0.4, 0.5) is 4.79 Å². The van der Waals surface area contributed by atoms with Gasteiger partial charge in [-0.2, -0.15) is 0 Å². The van der Waals surface area contributed by atoms with Crippen molar-refractivity contribution in [3.63, 3.8) is 0 Å². The number of nitrogens with one attached hydrogen (secondary N) is 1. The van der Waals surface area contributed by atoms with Crippen molar-refractivity contribution in [1.82, 2.24) is 10.2 Å². The first-order valence-corrected chi connectivity index (χ1v) is 5.28. The lowest BCUT2D eigenvalue weighted by molar-refractivity contribution is 0.193. The van der Waals surface area contributed by atoms with Crippen LogP contribution in [0.25, 0.3) is 0 Å². The van der Waals surface area contributed by atoms with Crippen molar-refractivity contribution in [2.75, 3.05) is 6.61 Å². The normalized spacial score (nSPS) is 30.9. The summed E-state index contributed by atoms with van der Waals surface area (Å²) in [5, 5.41) is 11.7. The Morgan fingerprint density at radius 3 is 3.00 bits per heavy atom. The van der Waals surface area contributed by atoms with Crippen LogP contribution in [0.2, 0.25) is 0 Å². The molecule has 1 saturated carbocycles. The van der Waals surface area contributed by atoms with E-state index < -0.39 is 0 Å². The lowest BCUT2D eigenvalue weighted by Gasteiger charge is -2.28. The van der Waals surface area contributed by atoms with Crippen molar-refractivity contribution in [2.45, 2.75) is 25.3 Å². The number of amides is 2. The van der Waals surface area contributed by atoms with E-state index in [1.807, 2.05) is 0 Å². The fourth-order valence-corrected chi connectivity index (χ4v) is 2.24. The highest BCUT2D eigenvalue weighted by Gasteiger charge is 2.31. The molecule has 1 aliphatic carbocycles. The van der Waals surface area contributed by atoms with E-state index in [0.29, 0.717) is 11.6 Å². The smallest absolute Gasteiger partial charge is 0.326 e. The Morgan fingerprint density at radius 2 is 2.40 bits per heavy atom. The zero-order valence-corrected chi connectivity index (χ0v) is 8.65. The van der Waals surface area contributed by atoms with Gasteiger partial charge in [-0.25, -0.2) is 4.79 Å². The number of urea groups is 1. The van der Waals surface area contributed by atoms with E-state index in [0.717, 1.165) is 19.3 Å². The molecule has 0 aromatic carbocycles. The minimum Gasteiger partial charge on any atom is -0.396 e. The molecule has 2 atom stereocenters. The van der Waals surface area contributed by atoms with E-state index >= 15 is 0 Å². The van der Waals surface area contributed by atoms with E-state index in [1.54, 1.807) is 17.2 Å². The highest BCUT2D eigenvalue weighted by molar-refractivity contribution is 5.79. The van der Waals surface area contributed by atoms with Crippen molar-refractivity contribution >= 4 is 6.03 Å². The Kier molecular flexibility index (Phi) is 2.77. The molecule has 4 heteroatoms. The van der Waals surface area contributed by atoms with Crippen LogP contribution in [0.15, 0.2) is 24.6 Å². The Balaban J connectivity index is 2.02. The van der Waals surface area contributed by atoms with Crippen LogP contribution >= 0.6 is 0 Å². The van der Waals surface area contributed by atoms with Gasteiger partial charge in [-0.05, 0) is 31.3 Å². The summed E-state index contributed by atoms with van der Waals surface area (Å²) in [7, 11) is 0. The summed E-state index contributed by atoms with van der Waals surface area (Å²) < 4.78 is 0. The minimum absolute atomic E-state index is 0.105. The summed E-state index contributed by atoms with van der Waals surface area (Å²) in [6.07, 6.45) is 6.44. The number of rotatable bonds is 2. The molecular formula is C11H16N2O2. The third-order valence-corrected chi connectivity index (χ3v) is 3.10. The maximum atomic E-state index is 11.6. The molecule has 2 unspecified atom stereocenters. The first-order chi connectivity index (χ1) is 7.20. The van der Waals surface area contributed by atoms with Crippen molar-refractivity contribution in [3.8, 4) is 0 Å². The van der Waals surface area contributed by atoms with E-state index in [4.69, 9.17) is 5.11 Å². The molecule has 0 radical (unpaired) electrons. The molecule has 0 spiro atoms. The van der Waals surface area contributed by atoms with Crippen LogP contribution in [0.1, 0.15) is 19.3 Å². The Morgan fingerprint density at radius 1 is 1.60 bits per heavy atom. The van der Waals surface area contributed by atoms with Gasteiger partial charge in [0.1, 0.15) is 0 Å². The number of carbonyl (C=O) groups is 1. The summed E-state index contributed by atoms with van der Waals surface area (Å²) in [4.78, 5) is 13.3. The van der Waals surface area contributed by atoms with Gasteiger partial charge in [0.2, 0.25) is 0 Å². The van der Waals surface area contributed by atoms with Crippen molar-refractivity contribution in [1.29, 1.82) is 0 Å². The number of aliphatic hydroxyl groups excluding tert-OH is 1. The minimum atomic E-state index is -0.105. The van der Waals surface area contributed by atoms with E-state index in [-0.39, 0.29) is 18.7 Å². The van der Waals surface area contributed by atoms with Crippen LogP contribution < -0.4 is 5.32 Å². The largest absolute Gasteiger partial charge is 0.396 e. The molecule has 2 N–H and O–H groups in total. The zero-order valence-electron chi connectivity index (χ0n) is 8.65. The number of allylic oxidation sites excluding steroid dienone is 1. The van der Waals surface area contributed by atoms with Gasteiger partial charge in [-0.1, -0.05) is 6.58 Å². The molecule has 2 rings (SSSR count). The predicted molar refractivity (Wildman–Crippen MR) is 56.9 cm³/mol. The Labute approximate surface area is 89.3 Å². The van der Waals surface area contributed by atoms with Gasteiger partial charge in [0.15, 0.2) is 0 Å². The average Bonchev–Trinajstić information content (AvgIpc) is 2.66. The van der Waals surface area contributed by atoms with Crippen molar-refractivity contribution < 1.29 is 9.90 Å². The van der Waals surface area contributed by atoms with E-state index in [2.05, 4.69) is 11.9 Å². The first-order valence-electron chi connectivity index (χ1n) is 5.28. The maximum absolute atomic E-state index is 11.6. The van der Waals surface area contributed by atoms with Gasteiger partial charge in [-0.15, -0.1) is 0 Å². The maximum Gasteiger partial charge on any atom is 0.326 e. The Hall–Kier alpha value is -1.29. The highest BCUT2D eigenvalue weighted by atomic mass is 16.3. The fourth-order valence-electron chi connectivity index (χ4n) is 2.24. The zero-order chi connectivity index (χ0) is 10.8.